The van der Waals surface area contributed by atoms with E-state index in [0.717, 1.165) is 0 Å². The monoisotopic (exact) mass is 324 g/mol. The molecule has 3 aromatic rings. The Hall–Kier alpha value is -3.15. The zero-order valence-electron chi connectivity index (χ0n) is 13.5. The summed E-state index contributed by atoms with van der Waals surface area (Å²) in [5.74, 6) is 0.151. The van der Waals surface area contributed by atoms with Crippen molar-refractivity contribution in [3.05, 3.63) is 58.1 Å². The lowest BCUT2D eigenvalue weighted by atomic mass is 9.95. The lowest BCUT2D eigenvalue weighted by Gasteiger charge is -2.14. The van der Waals surface area contributed by atoms with Gasteiger partial charge in [0.05, 0.1) is 36.4 Å². The van der Waals surface area contributed by atoms with Crippen LogP contribution in [-0.4, -0.2) is 30.2 Å². The van der Waals surface area contributed by atoms with Crippen LogP contribution in [0.5, 0.6) is 5.75 Å². The number of nitrogens with zero attached hydrogens (tertiary/aromatic N) is 1. The minimum atomic E-state index is -0.532. The Morgan fingerprint density at radius 1 is 1.12 bits per heavy atom. The standard InChI is InChI=1S/C18H16N2O4/c1-10-14(18(22)24-3)15(11-4-6-12(23-2)7-5-11)16-13(20-10)8-9-19-17(16)21/h4-9H,1-3H3,(H,19,21). The Bertz CT molecular complexity index is 975. The molecule has 0 saturated heterocycles. The molecule has 0 amide bonds. The van der Waals surface area contributed by atoms with Crippen LogP contribution in [0.1, 0.15) is 16.1 Å². The molecule has 1 N–H and O–H groups in total. The molecule has 0 aliphatic carbocycles. The molecular weight excluding hydrogens is 308 g/mol. The fraction of sp³-hybridized carbons (Fsp3) is 0.167. The second-order valence-corrected chi connectivity index (χ2v) is 5.23. The molecule has 0 bridgehead atoms. The highest BCUT2D eigenvalue weighted by atomic mass is 16.5. The van der Waals surface area contributed by atoms with E-state index in [2.05, 4.69) is 9.97 Å². The number of carbonyl (C=O) groups is 1. The lowest BCUT2D eigenvalue weighted by molar-refractivity contribution is 0.0600. The van der Waals surface area contributed by atoms with Crippen molar-refractivity contribution in [2.24, 2.45) is 0 Å². The molecule has 0 atom stereocenters. The minimum Gasteiger partial charge on any atom is -0.497 e. The summed E-state index contributed by atoms with van der Waals surface area (Å²) >= 11 is 0. The van der Waals surface area contributed by atoms with Crippen LogP contribution in [0.15, 0.2) is 41.3 Å². The van der Waals surface area contributed by atoms with Gasteiger partial charge in [-0.1, -0.05) is 12.1 Å². The molecule has 6 nitrogen and oxygen atoms in total. The van der Waals surface area contributed by atoms with Crippen LogP contribution >= 0.6 is 0 Å². The Morgan fingerprint density at radius 2 is 1.83 bits per heavy atom. The fourth-order valence-electron chi connectivity index (χ4n) is 2.74. The number of methoxy groups -OCH3 is 2. The number of aromatic nitrogens is 2. The van der Waals surface area contributed by atoms with Gasteiger partial charge in [-0.25, -0.2) is 4.79 Å². The zero-order chi connectivity index (χ0) is 17.3. The maximum atomic E-state index is 12.4. The Kier molecular flexibility index (Phi) is 4.04. The highest BCUT2D eigenvalue weighted by molar-refractivity contribution is 6.07. The molecule has 24 heavy (non-hydrogen) atoms. The average molecular weight is 324 g/mol. The molecule has 0 aliphatic heterocycles. The van der Waals surface area contributed by atoms with Crippen LogP contribution in [0.3, 0.4) is 0 Å². The maximum Gasteiger partial charge on any atom is 0.340 e. The molecule has 1 aromatic carbocycles. The van der Waals surface area contributed by atoms with Crippen molar-refractivity contribution in [3.8, 4) is 16.9 Å². The van der Waals surface area contributed by atoms with E-state index >= 15 is 0 Å². The van der Waals surface area contributed by atoms with Gasteiger partial charge < -0.3 is 14.5 Å². The van der Waals surface area contributed by atoms with Gasteiger partial charge in [0.15, 0.2) is 0 Å². The van der Waals surface area contributed by atoms with Gasteiger partial charge >= 0.3 is 5.97 Å². The second-order valence-electron chi connectivity index (χ2n) is 5.23. The van der Waals surface area contributed by atoms with Gasteiger partial charge in [0, 0.05) is 11.8 Å². The Labute approximate surface area is 138 Å². The van der Waals surface area contributed by atoms with E-state index in [0.29, 0.717) is 33.5 Å². The van der Waals surface area contributed by atoms with Crippen LogP contribution in [0.25, 0.3) is 22.0 Å². The smallest absolute Gasteiger partial charge is 0.340 e. The number of hydrogen-bond donors (Lipinski definition) is 1. The zero-order valence-corrected chi connectivity index (χ0v) is 13.5. The summed E-state index contributed by atoms with van der Waals surface area (Å²) in [6.45, 7) is 1.72. The van der Waals surface area contributed by atoms with Crippen molar-refractivity contribution in [3.63, 3.8) is 0 Å². The normalized spacial score (nSPS) is 10.6. The Morgan fingerprint density at radius 3 is 2.46 bits per heavy atom. The summed E-state index contributed by atoms with van der Waals surface area (Å²) < 4.78 is 10.1. The third kappa shape index (κ3) is 2.52. The number of fused-ring (bicyclic) bond motifs is 1. The maximum absolute atomic E-state index is 12.4. The first-order valence-corrected chi connectivity index (χ1v) is 7.31. The predicted molar refractivity (Wildman–Crippen MR) is 90.4 cm³/mol. The summed E-state index contributed by atoms with van der Waals surface area (Å²) in [6.07, 6.45) is 1.53. The van der Waals surface area contributed by atoms with E-state index in [1.807, 2.05) is 0 Å². The van der Waals surface area contributed by atoms with E-state index in [4.69, 9.17) is 9.47 Å². The van der Waals surface area contributed by atoms with Crippen LogP contribution in [0, 0.1) is 6.92 Å². The van der Waals surface area contributed by atoms with Gasteiger partial charge in [-0.2, -0.15) is 0 Å². The number of pyridine rings is 2. The summed E-state index contributed by atoms with van der Waals surface area (Å²) in [5, 5.41) is 0.355. The van der Waals surface area contributed by atoms with Crippen LogP contribution in [0.4, 0.5) is 0 Å². The Balaban J connectivity index is 2.45. The second kappa shape index (κ2) is 6.16. The van der Waals surface area contributed by atoms with Crippen molar-refractivity contribution in [1.29, 1.82) is 0 Å². The highest BCUT2D eigenvalue weighted by Gasteiger charge is 2.22. The molecule has 0 unspecified atom stereocenters. The summed E-state index contributed by atoms with van der Waals surface area (Å²) in [7, 11) is 2.88. The molecule has 0 aliphatic rings. The summed E-state index contributed by atoms with van der Waals surface area (Å²) in [6, 6.07) is 8.85. The van der Waals surface area contributed by atoms with E-state index < -0.39 is 5.97 Å². The van der Waals surface area contributed by atoms with Crippen LogP contribution in [0.2, 0.25) is 0 Å². The fourth-order valence-corrected chi connectivity index (χ4v) is 2.74. The van der Waals surface area contributed by atoms with E-state index in [9.17, 15) is 9.59 Å². The molecule has 0 spiro atoms. The van der Waals surface area contributed by atoms with Crippen molar-refractivity contribution in [2.75, 3.05) is 14.2 Å². The number of hydrogen-bond acceptors (Lipinski definition) is 5. The van der Waals surface area contributed by atoms with E-state index in [1.54, 1.807) is 44.4 Å². The topological polar surface area (TPSA) is 81.3 Å². The SMILES string of the molecule is COC(=O)c1c(C)nc2cc[nH]c(=O)c2c1-c1ccc(OC)cc1. The number of rotatable bonds is 3. The number of esters is 1. The molecule has 0 radical (unpaired) electrons. The van der Waals surface area contributed by atoms with Gasteiger partial charge in [-0.05, 0) is 30.7 Å². The van der Waals surface area contributed by atoms with Crippen LogP contribution in [-0.2, 0) is 4.74 Å². The van der Waals surface area contributed by atoms with Crippen molar-refractivity contribution < 1.29 is 14.3 Å². The number of aromatic amines is 1. The molecule has 2 aromatic heterocycles. The van der Waals surface area contributed by atoms with Crippen molar-refractivity contribution in [2.45, 2.75) is 6.92 Å². The first kappa shape index (κ1) is 15.7. The van der Waals surface area contributed by atoms with Crippen LogP contribution < -0.4 is 10.3 Å². The third-order valence-corrected chi connectivity index (χ3v) is 3.86. The molecular formula is C18H16N2O4. The van der Waals surface area contributed by atoms with Crippen molar-refractivity contribution in [1.82, 2.24) is 9.97 Å². The number of aryl methyl sites for hydroxylation is 1. The van der Waals surface area contributed by atoms with E-state index in [1.165, 1.54) is 13.3 Å². The number of ether oxygens (including phenoxy) is 2. The molecule has 0 saturated carbocycles. The summed E-state index contributed by atoms with van der Waals surface area (Å²) in [5.41, 5.74) is 2.22. The first-order chi connectivity index (χ1) is 11.6. The first-order valence-electron chi connectivity index (χ1n) is 7.31. The number of carbonyl (C=O) groups excluding carboxylic acids is 1. The molecule has 6 heteroatoms. The van der Waals surface area contributed by atoms with Gasteiger partial charge in [0.1, 0.15) is 5.75 Å². The van der Waals surface area contributed by atoms with E-state index in [-0.39, 0.29) is 11.1 Å². The number of H-pyrrole nitrogens is 1. The number of nitrogens with one attached hydrogen (secondary N) is 1. The van der Waals surface area contributed by atoms with Gasteiger partial charge in [0.25, 0.3) is 5.56 Å². The molecule has 0 fully saturated rings. The van der Waals surface area contributed by atoms with Gasteiger partial charge in [-0.3, -0.25) is 9.78 Å². The predicted octanol–water partition coefficient (Wildman–Crippen LogP) is 2.69. The third-order valence-electron chi connectivity index (χ3n) is 3.86. The van der Waals surface area contributed by atoms with Gasteiger partial charge in [0.2, 0.25) is 0 Å². The minimum absolute atomic E-state index is 0.284. The highest BCUT2D eigenvalue weighted by Crippen LogP contribution is 2.32. The lowest BCUT2D eigenvalue weighted by Crippen LogP contribution is -2.14. The van der Waals surface area contributed by atoms with Crippen molar-refractivity contribution >= 4 is 16.9 Å². The molecule has 122 valence electrons. The quantitative estimate of drug-likeness (QED) is 0.749. The van der Waals surface area contributed by atoms with Gasteiger partial charge in [-0.15, -0.1) is 0 Å². The number of benzene rings is 1. The summed E-state index contributed by atoms with van der Waals surface area (Å²) in [4.78, 5) is 31.7. The largest absolute Gasteiger partial charge is 0.497 e. The molecule has 3 rings (SSSR count). The molecule has 2 heterocycles. The average Bonchev–Trinajstić information content (AvgIpc) is 2.60.